The lowest BCUT2D eigenvalue weighted by Gasteiger charge is -2.12. The molecule has 3 rings (SSSR count). The van der Waals surface area contributed by atoms with Crippen LogP contribution in [0.3, 0.4) is 0 Å². The van der Waals surface area contributed by atoms with Gasteiger partial charge in [0.2, 0.25) is 5.88 Å². The molecule has 0 aliphatic rings. The van der Waals surface area contributed by atoms with E-state index in [0.717, 1.165) is 11.1 Å². The number of ether oxygens (including phenoxy) is 2. The molecular weight excluding hydrogens is 356 g/mol. The normalized spacial score (nSPS) is 11.2. The van der Waals surface area contributed by atoms with Gasteiger partial charge < -0.3 is 14.0 Å². The average molecular weight is 374 g/mol. The van der Waals surface area contributed by atoms with Crippen molar-refractivity contribution in [1.29, 1.82) is 0 Å². The van der Waals surface area contributed by atoms with Crippen LogP contribution in [0.25, 0.3) is 11.1 Å². The number of anilines is 1. The van der Waals surface area contributed by atoms with E-state index < -0.39 is 10.0 Å². The standard InChI is InChI=1S/C18H18N2O5S/c1-12-4-6-13(7-5-12)15-11-19-25-18(15)20-26(21,22)17-9-8-14(23-2)10-16(17)24-3/h4-11,20H,1-3H3. The van der Waals surface area contributed by atoms with E-state index in [1.165, 1.54) is 32.5 Å². The zero-order valence-corrected chi connectivity index (χ0v) is 15.3. The molecule has 0 bridgehead atoms. The minimum Gasteiger partial charge on any atom is -0.497 e. The number of aryl methyl sites for hydroxylation is 1. The molecule has 0 unspecified atom stereocenters. The highest BCUT2D eigenvalue weighted by atomic mass is 32.2. The molecule has 26 heavy (non-hydrogen) atoms. The second-order valence-corrected chi connectivity index (χ2v) is 7.21. The van der Waals surface area contributed by atoms with Gasteiger partial charge >= 0.3 is 0 Å². The van der Waals surface area contributed by atoms with Crippen LogP contribution in [0.1, 0.15) is 5.56 Å². The summed E-state index contributed by atoms with van der Waals surface area (Å²) in [4.78, 5) is -0.0351. The maximum absolute atomic E-state index is 12.8. The molecule has 0 saturated heterocycles. The first-order chi connectivity index (χ1) is 12.4. The number of nitrogens with one attached hydrogen (secondary N) is 1. The van der Waals surface area contributed by atoms with Crippen LogP contribution in [0, 0.1) is 6.92 Å². The quantitative estimate of drug-likeness (QED) is 0.710. The Morgan fingerprint density at radius 3 is 2.42 bits per heavy atom. The molecule has 0 fully saturated rings. The van der Waals surface area contributed by atoms with Crippen LogP contribution in [0.4, 0.5) is 5.88 Å². The van der Waals surface area contributed by atoms with Gasteiger partial charge in [0.1, 0.15) is 16.4 Å². The Morgan fingerprint density at radius 1 is 1.04 bits per heavy atom. The number of hydrogen-bond acceptors (Lipinski definition) is 6. The highest BCUT2D eigenvalue weighted by Gasteiger charge is 2.24. The van der Waals surface area contributed by atoms with E-state index in [9.17, 15) is 8.42 Å². The number of nitrogens with zero attached hydrogens (tertiary/aromatic N) is 1. The van der Waals surface area contributed by atoms with E-state index >= 15 is 0 Å². The Labute approximate surface area is 151 Å². The van der Waals surface area contributed by atoms with Crippen LogP contribution in [0.15, 0.2) is 58.1 Å². The lowest BCUT2D eigenvalue weighted by atomic mass is 10.1. The summed E-state index contributed by atoms with van der Waals surface area (Å²) in [7, 11) is -1.08. The van der Waals surface area contributed by atoms with E-state index in [1.807, 2.05) is 31.2 Å². The van der Waals surface area contributed by atoms with Crippen molar-refractivity contribution in [2.75, 3.05) is 18.9 Å². The Bertz CT molecular complexity index is 1010. The molecule has 0 spiro atoms. The Balaban J connectivity index is 1.97. The van der Waals surface area contributed by atoms with E-state index in [2.05, 4.69) is 9.88 Å². The molecule has 0 amide bonds. The summed E-state index contributed by atoms with van der Waals surface area (Å²) in [5.74, 6) is 0.681. The van der Waals surface area contributed by atoms with Gasteiger partial charge in [0, 0.05) is 6.07 Å². The molecular formula is C18H18N2O5S. The maximum Gasteiger partial charge on any atom is 0.267 e. The molecule has 136 valence electrons. The number of hydrogen-bond donors (Lipinski definition) is 1. The number of rotatable bonds is 6. The van der Waals surface area contributed by atoms with Crippen LogP contribution >= 0.6 is 0 Å². The van der Waals surface area contributed by atoms with Gasteiger partial charge in [0.15, 0.2) is 0 Å². The van der Waals surface area contributed by atoms with Gasteiger partial charge in [-0.2, -0.15) is 0 Å². The summed E-state index contributed by atoms with van der Waals surface area (Å²) in [6.07, 6.45) is 1.47. The minimum absolute atomic E-state index is 0.0340. The lowest BCUT2D eigenvalue weighted by molar-refractivity contribution is 0.386. The molecule has 1 N–H and O–H groups in total. The monoisotopic (exact) mass is 374 g/mol. The average Bonchev–Trinajstić information content (AvgIpc) is 3.09. The summed E-state index contributed by atoms with van der Waals surface area (Å²) in [6.45, 7) is 1.97. The van der Waals surface area contributed by atoms with Crippen molar-refractivity contribution in [3.63, 3.8) is 0 Å². The van der Waals surface area contributed by atoms with Gasteiger partial charge in [0.25, 0.3) is 10.0 Å². The first-order valence-electron chi connectivity index (χ1n) is 7.71. The summed E-state index contributed by atoms with van der Waals surface area (Å²) >= 11 is 0. The molecule has 0 saturated carbocycles. The Kier molecular flexibility index (Phi) is 4.85. The summed E-state index contributed by atoms with van der Waals surface area (Å²) < 4.78 is 43.4. The van der Waals surface area contributed by atoms with Crippen molar-refractivity contribution in [3.05, 3.63) is 54.2 Å². The lowest BCUT2D eigenvalue weighted by Crippen LogP contribution is -2.14. The number of methoxy groups -OCH3 is 2. The smallest absolute Gasteiger partial charge is 0.267 e. The summed E-state index contributed by atoms with van der Waals surface area (Å²) in [5.41, 5.74) is 2.42. The fourth-order valence-corrected chi connectivity index (χ4v) is 3.58. The molecule has 3 aromatic rings. The predicted octanol–water partition coefficient (Wildman–Crippen LogP) is 3.47. The Morgan fingerprint density at radius 2 is 1.77 bits per heavy atom. The van der Waals surface area contributed by atoms with Gasteiger partial charge in [-0.1, -0.05) is 35.0 Å². The zero-order chi connectivity index (χ0) is 18.7. The highest BCUT2D eigenvalue weighted by molar-refractivity contribution is 7.92. The van der Waals surface area contributed by atoms with Gasteiger partial charge in [-0.05, 0) is 24.6 Å². The van der Waals surface area contributed by atoms with Gasteiger partial charge in [0.05, 0.1) is 26.0 Å². The third kappa shape index (κ3) is 3.50. The molecule has 0 aliphatic carbocycles. The fraction of sp³-hybridized carbons (Fsp3) is 0.167. The van der Waals surface area contributed by atoms with E-state index in [4.69, 9.17) is 14.0 Å². The van der Waals surface area contributed by atoms with Crippen LogP contribution in [0.5, 0.6) is 11.5 Å². The van der Waals surface area contributed by atoms with Crippen molar-refractivity contribution < 1.29 is 22.4 Å². The second kappa shape index (κ2) is 7.09. The first-order valence-corrected chi connectivity index (χ1v) is 9.19. The van der Waals surface area contributed by atoms with E-state index in [1.54, 1.807) is 6.07 Å². The number of sulfonamides is 1. The highest BCUT2D eigenvalue weighted by Crippen LogP contribution is 2.33. The number of benzene rings is 2. The van der Waals surface area contributed by atoms with Crippen molar-refractivity contribution in [2.45, 2.75) is 11.8 Å². The van der Waals surface area contributed by atoms with Crippen LogP contribution < -0.4 is 14.2 Å². The molecule has 0 atom stereocenters. The van der Waals surface area contributed by atoms with Crippen LogP contribution in [0.2, 0.25) is 0 Å². The molecule has 2 aromatic carbocycles. The van der Waals surface area contributed by atoms with Crippen LogP contribution in [-0.2, 0) is 10.0 Å². The molecule has 1 heterocycles. The third-order valence-corrected chi connectivity index (χ3v) is 5.19. The van der Waals surface area contributed by atoms with E-state index in [-0.39, 0.29) is 16.5 Å². The maximum atomic E-state index is 12.8. The second-order valence-electron chi connectivity index (χ2n) is 5.56. The molecule has 0 aliphatic heterocycles. The van der Waals surface area contributed by atoms with Crippen molar-refractivity contribution in [2.24, 2.45) is 0 Å². The van der Waals surface area contributed by atoms with Gasteiger partial charge in [-0.25, -0.2) is 13.1 Å². The number of aromatic nitrogens is 1. The van der Waals surface area contributed by atoms with Crippen LogP contribution in [-0.4, -0.2) is 27.8 Å². The SMILES string of the molecule is COc1ccc(S(=O)(=O)Nc2oncc2-c2ccc(C)cc2)c(OC)c1. The molecule has 0 radical (unpaired) electrons. The third-order valence-electron chi connectivity index (χ3n) is 3.82. The minimum atomic E-state index is -3.95. The van der Waals surface area contributed by atoms with E-state index in [0.29, 0.717) is 11.3 Å². The molecule has 8 heteroatoms. The summed E-state index contributed by atoms with van der Waals surface area (Å²) in [5, 5.41) is 3.72. The molecule has 7 nitrogen and oxygen atoms in total. The van der Waals surface area contributed by atoms with Crippen molar-refractivity contribution in [3.8, 4) is 22.6 Å². The largest absolute Gasteiger partial charge is 0.497 e. The van der Waals surface area contributed by atoms with Gasteiger partial charge in [-0.3, -0.25) is 0 Å². The predicted molar refractivity (Wildman–Crippen MR) is 97.0 cm³/mol. The Hall–Kier alpha value is -3.00. The zero-order valence-electron chi connectivity index (χ0n) is 14.5. The van der Waals surface area contributed by atoms with Crippen molar-refractivity contribution in [1.82, 2.24) is 5.16 Å². The first kappa shape index (κ1) is 17.8. The fourth-order valence-electron chi connectivity index (χ4n) is 2.43. The summed E-state index contributed by atoms with van der Waals surface area (Å²) in [6, 6.07) is 12.0. The molecule has 1 aromatic heterocycles. The van der Waals surface area contributed by atoms with Crippen molar-refractivity contribution >= 4 is 15.9 Å². The topological polar surface area (TPSA) is 90.7 Å². The van der Waals surface area contributed by atoms with Gasteiger partial charge in [-0.15, -0.1) is 0 Å².